The van der Waals surface area contributed by atoms with E-state index in [9.17, 15) is 33.2 Å². The molecule has 1 atom stereocenters. The zero-order chi connectivity index (χ0) is 35.3. The lowest BCUT2D eigenvalue weighted by Gasteiger charge is -2.39. The molecule has 4 aromatic rings. The first-order valence-electron chi connectivity index (χ1n) is 15.8. The van der Waals surface area contributed by atoms with Gasteiger partial charge in [0.15, 0.2) is 11.5 Å². The summed E-state index contributed by atoms with van der Waals surface area (Å²) >= 11 is 0. The van der Waals surface area contributed by atoms with Crippen molar-refractivity contribution in [3.63, 3.8) is 0 Å². The number of carbonyl (C=O) groups excluding carboxylic acids is 1. The molecule has 1 aliphatic rings. The number of alkyl halides is 3. The second-order valence-corrected chi connectivity index (χ2v) is 11.9. The number of halogens is 3. The Labute approximate surface area is 280 Å². The highest BCUT2D eigenvalue weighted by molar-refractivity contribution is 5.87. The maximum Gasteiger partial charge on any atom is 0.422 e. The van der Waals surface area contributed by atoms with E-state index in [4.69, 9.17) is 18.9 Å². The molecule has 1 fully saturated rings. The Hall–Kier alpha value is -4.82. The first-order valence-corrected chi connectivity index (χ1v) is 15.8. The third-order valence-corrected chi connectivity index (χ3v) is 8.64. The Morgan fingerprint density at radius 1 is 1.00 bits per heavy atom. The van der Waals surface area contributed by atoms with Crippen molar-refractivity contribution in [2.75, 3.05) is 40.5 Å². The lowest BCUT2D eigenvalue weighted by atomic mass is 9.91. The Bertz CT molecular complexity index is 1800. The molecular weight excluding hydrogens is 647 g/mol. The van der Waals surface area contributed by atoms with Crippen molar-refractivity contribution in [2.45, 2.75) is 50.6 Å². The second-order valence-electron chi connectivity index (χ2n) is 11.9. The Kier molecular flexibility index (Phi) is 10.7. The maximum atomic E-state index is 14.9. The van der Waals surface area contributed by atoms with Gasteiger partial charge in [0.2, 0.25) is 5.60 Å². The van der Waals surface area contributed by atoms with Gasteiger partial charge in [-0.25, -0.2) is 0 Å². The van der Waals surface area contributed by atoms with Gasteiger partial charge in [-0.1, -0.05) is 18.2 Å². The van der Waals surface area contributed by atoms with Gasteiger partial charge in [0.1, 0.15) is 11.9 Å². The number of hydrogen-bond donors (Lipinski definition) is 1. The zero-order valence-corrected chi connectivity index (χ0v) is 27.4. The third kappa shape index (κ3) is 7.92. The Morgan fingerprint density at radius 2 is 1.76 bits per heavy atom. The first kappa shape index (κ1) is 35.5. The van der Waals surface area contributed by atoms with Crippen LogP contribution in [0.5, 0.6) is 17.2 Å². The van der Waals surface area contributed by atoms with Gasteiger partial charge in [0.25, 0.3) is 5.69 Å². The highest BCUT2D eigenvalue weighted by atomic mass is 19.4. The lowest BCUT2D eigenvalue weighted by molar-refractivity contribution is -0.384. The quantitative estimate of drug-likeness (QED) is 0.102. The molecule has 5 rings (SSSR count). The topological polar surface area (TPSA) is 126 Å². The molecule has 0 radical (unpaired) electrons. The van der Waals surface area contributed by atoms with Crippen molar-refractivity contribution in [1.82, 2.24) is 9.47 Å². The van der Waals surface area contributed by atoms with E-state index in [0.717, 1.165) is 6.07 Å². The third-order valence-electron chi connectivity index (χ3n) is 8.64. The van der Waals surface area contributed by atoms with Gasteiger partial charge in [-0.15, -0.1) is 0 Å². The van der Waals surface area contributed by atoms with Crippen LogP contribution in [0, 0.1) is 10.1 Å². The van der Waals surface area contributed by atoms with Crippen molar-refractivity contribution >= 4 is 22.6 Å². The molecule has 0 bridgehead atoms. The summed E-state index contributed by atoms with van der Waals surface area (Å²) in [5.41, 5.74) is -2.40. The minimum Gasteiger partial charge on any atom is -0.497 e. The molecule has 11 nitrogen and oxygen atoms in total. The smallest absolute Gasteiger partial charge is 0.422 e. The number of hydrogen-bond acceptors (Lipinski definition) is 9. The van der Waals surface area contributed by atoms with Crippen LogP contribution in [-0.2, 0) is 28.1 Å². The molecule has 0 spiro atoms. The van der Waals surface area contributed by atoms with E-state index in [1.54, 1.807) is 54.3 Å². The minimum atomic E-state index is -5.07. The minimum absolute atomic E-state index is 0.0602. The average Bonchev–Trinajstić information content (AvgIpc) is 3.43. The van der Waals surface area contributed by atoms with E-state index in [2.05, 4.69) is 0 Å². The standard InChI is InChI=1S/C35H38F3N3O8/c1-4-48-33(42)18-23-8-11-31(32(17-23)47-3)49-26-12-14-39(15-13-26)22-34(43,35(36,37)38)29-21-40(20-24-6-5-7-27(16-24)46-2)30-19-25(41(44)45)9-10-28(29)30/h5-11,16-17,19,21,26,43H,4,12-15,18,20,22H2,1-3H3. The molecular formula is C35H38F3N3O8. The predicted octanol–water partition coefficient (Wildman–Crippen LogP) is 6.01. The van der Waals surface area contributed by atoms with Crippen LogP contribution < -0.4 is 14.2 Å². The number of ether oxygens (including phenoxy) is 4. The fraction of sp³-hybridized carbons (Fsp3) is 0.400. The number of fused-ring (bicyclic) bond motifs is 1. The van der Waals surface area contributed by atoms with Crippen LogP contribution in [0.2, 0.25) is 0 Å². The Balaban J connectivity index is 1.36. The van der Waals surface area contributed by atoms with Crippen molar-refractivity contribution in [1.29, 1.82) is 0 Å². The van der Waals surface area contributed by atoms with Crippen LogP contribution in [-0.4, -0.2) is 78.2 Å². The number of nitrogens with zero attached hydrogens (tertiary/aromatic N) is 3. The fourth-order valence-electron chi connectivity index (χ4n) is 6.14. The summed E-state index contributed by atoms with van der Waals surface area (Å²) in [5.74, 6) is 1.04. The molecule has 49 heavy (non-hydrogen) atoms. The molecule has 2 heterocycles. The number of β-amino-alcohol motifs (C(OH)–C–C–N with tert-alkyl or cyclic N) is 1. The Morgan fingerprint density at radius 3 is 2.41 bits per heavy atom. The highest BCUT2D eigenvalue weighted by Crippen LogP contribution is 2.44. The van der Waals surface area contributed by atoms with E-state index in [1.807, 2.05) is 0 Å². The number of nitro benzene ring substituents is 1. The van der Waals surface area contributed by atoms with Gasteiger partial charge in [-0.3, -0.25) is 19.8 Å². The fourth-order valence-corrected chi connectivity index (χ4v) is 6.14. The number of benzene rings is 3. The lowest BCUT2D eigenvalue weighted by Crippen LogP contribution is -2.53. The first-order chi connectivity index (χ1) is 23.3. The summed E-state index contributed by atoms with van der Waals surface area (Å²) in [6.45, 7) is 1.75. The largest absolute Gasteiger partial charge is 0.497 e. The van der Waals surface area contributed by atoms with Crippen LogP contribution in [0.3, 0.4) is 0 Å². The number of esters is 1. The molecule has 1 unspecified atom stereocenters. The van der Waals surface area contributed by atoms with E-state index in [-0.39, 0.29) is 66.9 Å². The molecule has 1 saturated heterocycles. The summed E-state index contributed by atoms with van der Waals surface area (Å²) in [6, 6.07) is 15.7. The highest BCUT2D eigenvalue weighted by Gasteiger charge is 2.57. The van der Waals surface area contributed by atoms with Crippen LogP contribution >= 0.6 is 0 Å². The van der Waals surface area contributed by atoms with Gasteiger partial charge in [-0.2, -0.15) is 13.2 Å². The summed E-state index contributed by atoms with van der Waals surface area (Å²) in [7, 11) is 2.97. The number of likely N-dealkylation sites (tertiary alicyclic amines) is 1. The van der Waals surface area contributed by atoms with Gasteiger partial charge >= 0.3 is 12.1 Å². The number of methoxy groups -OCH3 is 2. The van der Waals surface area contributed by atoms with Crippen molar-refractivity contribution < 1.29 is 46.9 Å². The molecule has 0 saturated carbocycles. The summed E-state index contributed by atoms with van der Waals surface area (Å²) in [5, 5.41) is 23.2. The number of nitro groups is 1. The maximum absolute atomic E-state index is 14.9. The molecule has 262 valence electrons. The van der Waals surface area contributed by atoms with Gasteiger partial charge in [0.05, 0.1) is 37.7 Å². The molecule has 1 aliphatic heterocycles. The van der Waals surface area contributed by atoms with Crippen molar-refractivity contribution in [3.8, 4) is 17.2 Å². The van der Waals surface area contributed by atoms with Crippen LogP contribution in [0.25, 0.3) is 10.9 Å². The monoisotopic (exact) mass is 685 g/mol. The molecule has 1 aromatic heterocycles. The second kappa shape index (κ2) is 14.7. The number of rotatable bonds is 13. The molecule has 0 amide bonds. The van der Waals surface area contributed by atoms with E-state index in [1.165, 1.54) is 37.1 Å². The zero-order valence-electron chi connectivity index (χ0n) is 27.4. The average molecular weight is 686 g/mol. The predicted molar refractivity (Wildman–Crippen MR) is 174 cm³/mol. The van der Waals surface area contributed by atoms with Gasteiger partial charge in [-0.05, 0) is 61.2 Å². The van der Waals surface area contributed by atoms with Crippen LogP contribution in [0.15, 0.2) is 66.9 Å². The molecule has 0 aliphatic carbocycles. The molecule has 14 heteroatoms. The summed E-state index contributed by atoms with van der Waals surface area (Å²) in [4.78, 5) is 24.4. The van der Waals surface area contributed by atoms with E-state index in [0.29, 0.717) is 41.2 Å². The van der Waals surface area contributed by atoms with Crippen LogP contribution in [0.4, 0.5) is 18.9 Å². The number of non-ortho nitro benzene ring substituents is 1. The van der Waals surface area contributed by atoms with Crippen LogP contribution in [0.1, 0.15) is 36.5 Å². The van der Waals surface area contributed by atoms with Gasteiger partial charge in [0, 0.05) is 55.5 Å². The normalized spacial score (nSPS) is 15.5. The summed E-state index contributed by atoms with van der Waals surface area (Å²) < 4.78 is 68.2. The SMILES string of the molecule is CCOC(=O)Cc1ccc(OC2CCN(CC(O)(c3cn(Cc4cccc(OC)c4)c4cc([N+](=O)[O-])ccc34)C(F)(F)F)CC2)c(OC)c1. The number of carbonyl (C=O) groups is 1. The number of aliphatic hydroxyl groups is 1. The summed E-state index contributed by atoms with van der Waals surface area (Å²) in [6.07, 6.45) is -3.34. The molecule has 1 N–H and O–H groups in total. The van der Waals surface area contributed by atoms with Gasteiger partial charge < -0.3 is 28.6 Å². The number of aromatic nitrogens is 1. The molecule has 3 aromatic carbocycles. The van der Waals surface area contributed by atoms with Crippen molar-refractivity contribution in [2.24, 2.45) is 0 Å². The van der Waals surface area contributed by atoms with E-state index < -0.39 is 23.2 Å². The van der Waals surface area contributed by atoms with E-state index >= 15 is 0 Å². The number of piperidine rings is 1. The van der Waals surface area contributed by atoms with Crippen molar-refractivity contribution in [3.05, 3.63) is 93.7 Å².